The average Bonchev–Trinajstić information content (AvgIpc) is 3.53. The molecule has 0 unspecified atom stereocenters. The number of allylic oxidation sites excluding steroid dienone is 1. The third-order valence-corrected chi connectivity index (χ3v) is 5.95. The van der Waals surface area contributed by atoms with E-state index in [0.29, 0.717) is 23.7 Å². The largest absolute Gasteiger partial charge is 0.463 e. The van der Waals surface area contributed by atoms with Crippen LogP contribution >= 0.6 is 15.9 Å². The predicted octanol–water partition coefficient (Wildman–Crippen LogP) is 4.99. The van der Waals surface area contributed by atoms with Crippen molar-refractivity contribution in [2.45, 2.75) is 32.6 Å². The molecule has 6 nitrogen and oxygen atoms in total. The molecule has 1 saturated carbocycles. The molecule has 0 spiro atoms. The molecule has 1 amide bonds. The molecule has 2 aromatic carbocycles. The monoisotopic (exact) mass is 481 g/mol. The quantitative estimate of drug-likeness (QED) is 0.397. The lowest BCUT2D eigenvalue weighted by Gasteiger charge is -2.10. The zero-order chi connectivity index (χ0) is 22.1. The summed E-state index contributed by atoms with van der Waals surface area (Å²) in [5.74, 6) is -0.120. The molecule has 1 aliphatic carbocycles. The van der Waals surface area contributed by atoms with E-state index in [4.69, 9.17) is 9.84 Å². The summed E-state index contributed by atoms with van der Waals surface area (Å²) in [4.78, 5) is 24.8. The van der Waals surface area contributed by atoms with Crippen molar-refractivity contribution in [3.05, 3.63) is 63.8 Å². The van der Waals surface area contributed by atoms with Gasteiger partial charge in [-0.3, -0.25) is 4.79 Å². The van der Waals surface area contributed by atoms with Crippen LogP contribution in [0.1, 0.15) is 54.2 Å². The van der Waals surface area contributed by atoms with Gasteiger partial charge in [-0.05, 0) is 85.7 Å². The number of rotatable bonds is 6. The lowest BCUT2D eigenvalue weighted by molar-refractivity contribution is -0.137. The number of halogens is 1. The van der Waals surface area contributed by atoms with Crippen LogP contribution in [0.25, 0.3) is 22.2 Å². The fraction of sp³-hybridized carbons (Fsp3) is 0.292. The van der Waals surface area contributed by atoms with Crippen LogP contribution in [0.15, 0.2) is 46.9 Å². The van der Waals surface area contributed by atoms with Crippen LogP contribution in [-0.4, -0.2) is 35.3 Å². The molecule has 1 fully saturated rings. The Labute approximate surface area is 189 Å². The molecule has 1 aromatic heterocycles. The number of nitrogens with one attached hydrogen (secondary N) is 1. The molecule has 7 heteroatoms. The van der Waals surface area contributed by atoms with E-state index >= 15 is 0 Å². The first-order valence-corrected chi connectivity index (χ1v) is 11.1. The van der Waals surface area contributed by atoms with Crippen molar-refractivity contribution in [2.75, 3.05) is 13.7 Å². The van der Waals surface area contributed by atoms with E-state index in [1.807, 2.05) is 37.3 Å². The first kappa shape index (κ1) is 21.3. The van der Waals surface area contributed by atoms with Crippen LogP contribution < -0.4 is 5.32 Å². The number of ether oxygens (including phenoxy) is 1. The number of hydrogen-bond acceptors (Lipinski definition) is 4. The van der Waals surface area contributed by atoms with Gasteiger partial charge in [0.25, 0.3) is 5.91 Å². The molecule has 0 aliphatic heterocycles. The van der Waals surface area contributed by atoms with Gasteiger partial charge < -0.3 is 10.1 Å². The minimum Gasteiger partial charge on any atom is -0.463 e. The standard InChI is InChI=1S/C24H24BrN3O3/c1-4-31-22(29)11-14(2)18-13-21-20(12-19(18)15-5-6-15)23(24(30)26-3)28(27-21)17-9-7-16(25)8-10-17/h7-13,15H,4-6H2,1-3H3,(H,26,30)/b14-11-. The number of hydrogen-bond donors (Lipinski definition) is 1. The lowest BCUT2D eigenvalue weighted by atomic mass is 9.94. The fourth-order valence-corrected chi connectivity index (χ4v) is 4.03. The highest BCUT2D eigenvalue weighted by atomic mass is 79.9. The van der Waals surface area contributed by atoms with Gasteiger partial charge >= 0.3 is 5.97 Å². The van der Waals surface area contributed by atoms with Gasteiger partial charge in [0.15, 0.2) is 0 Å². The Morgan fingerprint density at radius 1 is 1.26 bits per heavy atom. The summed E-state index contributed by atoms with van der Waals surface area (Å²) in [5.41, 5.74) is 4.96. The molecule has 0 radical (unpaired) electrons. The molecule has 1 N–H and O–H groups in total. The van der Waals surface area contributed by atoms with Crippen LogP contribution in [0.5, 0.6) is 0 Å². The van der Waals surface area contributed by atoms with Crippen molar-refractivity contribution in [1.29, 1.82) is 0 Å². The summed E-state index contributed by atoms with van der Waals surface area (Å²) in [5, 5.41) is 8.30. The maximum atomic E-state index is 12.8. The number of nitrogens with zero attached hydrogens (tertiary/aromatic N) is 2. The van der Waals surface area contributed by atoms with Crippen LogP contribution in [0.2, 0.25) is 0 Å². The van der Waals surface area contributed by atoms with Crippen LogP contribution in [0.3, 0.4) is 0 Å². The number of fused-ring (bicyclic) bond motifs is 1. The topological polar surface area (TPSA) is 73.2 Å². The Hall–Kier alpha value is -2.93. The van der Waals surface area contributed by atoms with Crippen LogP contribution in [0.4, 0.5) is 0 Å². The number of carbonyl (C=O) groups excluding carboxylic acids is 2. The Kier molecular flexibility index (Phi) is 5.96. The van der Waals surface area contributed by atoms with Gasteiger partial charge in [0.05, 0.1) is 17.8 Å². The molecule has 160 valence electrons. The highest BCUT2D eigenvalue weighted by Crippen LogP contribution is 2.45. The van der Waals surface area contributed by atoms with Gasteiger partial charge in [-0.2, -0.15) is 5.10 Å². The highest BCUT2D eigenvalue weighted by Gasteiger charge is 2.29. The Morgan fingerprint density at radius 2 is 1.97 bits per heavy atom. The summed E-state index contributed by atoms with van der Waals surface area (Å²) in [6, 6.07) is 11.7. The summed E-state index contributed by atoms with van der Waals surface area (Å²) >= 11 is 3.45. The minimum atomic E-state index is -0.353. The first-order valence-electron chi connectivity index (χ1n) is 10.3. The second-order valence-electron chi connectivity index (χ2n) is 7.63. The third kappa shape index (κ3) is 4.28. The van der Waals surface area contributed by atoms with Crippen molar-refractivity contribution in [3.63, 3.8) is 0 Å². The fourth-order valence-electron chi connectivity index (χ4n) is 3.77. The first-order chi connectivity index (χ1) is 14.9. The number of benzene rings is 2. The van der Waals surface area contributed by atoms with Crippen LogP contribution in [-0.2, 0) is 9.53 Å². The smallest absolute Gasteiger partial charge is 0.331 e. The number of amides is 1. The predicted molar refractivity (Wildman–Crippen MR) is 124 cm³/mol. The van der Waals surface area contributed by atoms with Gasteiger partial charge in [0.2, 0.25) is 0 Å². The Bertz CT molecular complexity index is 1190. The van der Waals surface area contributed by atoms with Crippen molar-refractivity contribution in [1.82, 2.24) is 15.1 Å². The van der Waals surface area contributed by atoms with Gasteiger partial charge in [-0.25, -0.2) is 9.48 Å². The zero-order valence-electron chi connectivity index (χ0n) is 17.7. The summed E-state index contributed by atoms with van der Waals surface area (Å²) in [6.07, 6.45) is 3.73. The van der Waals surface area contributed by atoms with Gasteiger partial charge in [0.1, 0.15) is 5.69 Å². The van der Waals surface area contributed by atoms with Gasteiger partial charge in [-0.1, -0.05) is 15.9 Å². The zero-order valence-corrected chi connectivity index (χ0v) is 19.3. The maximum absolute atomic E-state index is 12.8. The van der Waals surface area contributed by atoms with Gasteiger partial charge in [-0.15, -0.1) is 0 Å². The van der Waals surface area contributed by atoms with Crippen molar-refractivity contribution >= 4 is 44.3 Å². The van der Waals surface area contributed by atoms with Crippen LogP contribution in [0, 0.1) is 0 Å². The molecule has 1 heterocycles. The second-order valence-corrected chi connectivity index (χ2v) is 8.54. The normalized spacial score (nSPS) is 14.0. The summed E-state index contributed by atoms with van der Waals surface area (Å²) in [6.45, 7) is 4.04. The molecule has 0 saturated heterocycles. The summed E-state index contributed by atoms with van der Waals surface area (Å²) < 4.78 is 7.72. The molecular formula is C24H24BrN3O3. The SMILES string of the molecule is CCOC(=O)/C=C(/C)c1cc2nn(-c3ccc(Br)cc3)c(C(=O)NC)c2cc1C1CC1. The molecule has 4 rings (SSSR count). The second kappa shape index (κ2) is 8.67. The summed E-state index contributed by atoms with van der Waals surface area (Å²) in [7, 11) is 1.62. The van der Waals surface area contributed by atoms with Crippen molar-refractivity contribution < 1.29 is 14.3 Å². The van der Waals surface area contributed by atoms with E-state index in [9.17, 15) is 9.59 Å². The van der Waals surface area contributed by atoms with E-state index in [1.165, 1.54) is 6.08 Å². The molecule has 31 heavy (non-hydrogen) atoms. The van der Waals surface area contributed by atoms with Crippen molar-refractivity contribution in [2.24, 2.45) is 0 Å². The van der Waals surface area contributed by atoms with E-state index in [1.54, 1.807) is 18.7 Å². The van der Waals surface area contributed by atoms with E-state index in [-0.39, 0.29) is 11.9 Å². The highest BCUT2D eigenvalue weighted by molar-refractivity contribution is 9.10. The van der Waals surface area contributed by atoms with Crippen molar-refractivity contribution in [3.8, 4) is 5.69 Å². The number of carbonyl (C=O) groups is 2. The van der Waals surface area contributed by atoms with Gasteiger partial charge in [0, 0.05) is 23.0 Å². The Morgan fingerprint density at radius 3 is 2.58 bits per heavy atom. The Balaban J connectivity index is 1.93. The number of aromatic nitrogens is 2. The average molecular weight is 482 g/mol. The molecular weight excluding hydrogens is 458 g/mol. The number of esters is 1. The molecule has 0 atom stereocenters. The van der Waals surface area contributed by atoms with E-state index in [2.05, 4.69) is 27.3 Å². The van der Waals surface area contributed by atoms with E-state index in [0.717, 1.165) is 45.1 Å². The van der Waals surface area contributed by atoms with E-state index < -0.39 is 0 Å². The minimum absolute atomic E-state index is 0.196. The molecule has 0 bridgehead atoms. The maximum Gasteiger partial charge on any atom is 0.331 e. The molecule has 1 aliphatic rings. The molecule has 3 aromatic rings. The lowest BCUT2D eigenvalue weighted by Crippen LogP contribution is -2.21. The third-order valence-electron chi connectivity index (χ3n) is 5.42.